The van der Waals surface area contributed by atoms with E-state index in [0.717, 1.165) is 24.4 Å². The van der Waals surface area contributed by atoms with Gasteiger partial charge in [0.15, 0.2) is 5.96 Å². The lowest BCUT2D eigenvalue weighted by atomic mass is 9.77. The zero-order valence-electron chi connectivity index (χ0n) is 9.23. The fourth-order valence-electron chi connectivity index (χ4n) is 3.77. The number of rotatable bonds is 0. The molecular weight excluding hydrogens is 186 g/mol. The molecule has 3 nitrogen and oxygen atoms in total. The van der Waals surface area contributed by atoms with Gasteiger partial charge in [-0.05, 0) is 37.5 Å². The minimum Gasteiger partial charge on any atom is -0.342 e. The second kappa shape index (κ2) is 2.89. The maximum atomic E-state index is 4.77. The summed E-state index contributed by atoms with van der Waals surface area (Å²) in [5.41, 5.74) is 0. The van der Waals surface area contributed by atoms with Gasteiger partial charge in [-0.3, -0.25) is 4.99 Å². The highest BCUT2D eigenvalue weighted by molar-refractivity contribution is 5.82. The van der Waals surface area contributed by atoms with Gasteiger partial charge in [0, 0.05) is 19.6 Å². The minimum absolute atomic E-state index is 0.762. The summed E-state index contributed by atoms with van der Waals surface area (Å²) in [6.07, 6.45) is 5.69. The van der Waals surface area contributed by atoms with Crippen LogP contribution in [0.25, 0.3) is 0 Å². The Bertz CT molecular complexity index is 300. The Balaban J connectivity index is 1.53. The summed E-state index contributed by atoms with van der Waals surface area (Å²) in [5, 5.41) is 0. The molecule has 1 aliphatic carbocycles. The number of hydrogen-bond acceptors (Lipinski definition) is 3. The molecule has 3 heterocycles. The third kappa shape index (κ3) is 1.09. The SMILES string of the molecule is C1C[C@@H]2CN=C(N3C[C@H]4CC[C@H]4C3)N2C1. The van der Waals surface area contributed by atoms with Crippen LogP contribution < -0.4 is 0 Å². The molecule has 0 N–H and O–H groups in total. The predicted molar refractivity (Wildman–Crippen MR) is 59.8 cm³/mol. The average molecular weight is 205 g/mol. The molecule has 0 amide bonds. The molecule has 4 aliphatic rings. The van der Waals surface area contributed by atoms with Crippen molar-refractivity contribution < 1.29 is 0 Å². The van der Waals surface area contributed by atoms with Gasteiger partial charge in [0.05, 0.1) is 12.6 Å². The van der Waals surface area contributed by atoms with Crippen LogP contribution in [0.15, 0.2) is 4.99 Å². The van der Waals surface area contributed by atoms with Crippen LogP contribution in [0.3, 0.4) is 0 Å². The van der Waals surface area contributed by atoms with Crippen LogP contribution >= 0.6 is 0 Å². The summed E-state index contributed by atoms with van der Waals surface area (Å²) in [7, 11) is 0. The van der Waals surface area contributed by atoms with E-state index in [-0.39, 0.29) is 0 Å². The number of aliphatic imine (C=N–C) groups is 1. The molecule has 0 spiro atoms. The lowest BCUT2D eigenvalue weighted by molar-refractivity contribution is 0.243. The van der Waals surface area contributed by atoms with Crippen LogP contribution in [0.1, 0.15) is 25.7 Å². The van der Waals surface area contributed by atoms with Crippen molar-refractivity contribution >= 4 is 5.96 Å². The standard InChI is InChI=1S/C12H19N3/c1-2-11-6-13-12(15(11)5-1)14-7-9-3-4-10(9)8-14/h9-11H,1-8H2/t9-,10+,11-/m1/s1. The maximum absolute atomic E-state index is 4.77. The lowest BCUT2D eigenvalue weighted by Gasteiger charge is -2.27. The molecule has 2 saturated heterocycles. The van der Waals surface area contributed by atoms with Crippen LogP contribution in [0.2, 0.25) is 0 Å². The third-order valence-electron chi connectivity index (χ3n) is 4.85. The molecule has 0 aromatic carbocycles. The Kier molecular flexibility index (Phi) is 1.63. The quantitative estimate of drug-likeness (QED) is 0.591. The summed E-state index contributed by atoms with van der Waals surface area (Å²) in [6.45, 7) is 4.93. The first-order valence-corrected chi connectivity index (χ1v) is 6.48. The van der Waals surface area contributed by atoms with Crippen molar-refractivity contribution in [1.82, 2.24) is 9.80 Å². The monoisotopic (exact) mass is 205 g/mol. The van der Waals surface area contributed by atoms with E-state index in [1.54, 1.807) is 0 Å². The van der Waals surface area contributed by atoms with Crippen molar-refractivity contribution in [3.8, 4) is 0 Å². The molecule has 0 aromatic rings. The van der Waals surface area contributed by atoms with Crippen molar-refractivity contribution in [1.29, 1.82) is 0 Å². The summed E-state index contributed by atoms with van der Waals surface area (Å²) < 4.78 is 0. The molecule has 0 aromatic heterocycles. The molecular formula is C12H19N3. The lowest BCUT2D eigenvalue weighted by Crippen LogP contribution is -2.42. The number of guanidine groups is 1. The molecule has 4 rings (SSSR count). The predicted octanol–water partition coefficient (Wildman–Crippen LogP) is 1.16. The van der Waals surface area contributed by atoms with Gasteiger partial charge >= 0.3 is 0 Å². The molecule has 1 saturated carbocycles. The van der Waals surface area contributed by atoms with E-state index in [1.165, 1.54) is 51.3 Å². The first-order valence-electron chi connectivity index (χ1n) is 6.48. The van der Waals surface area contributed by atoms with Crippen LogP contribution in [-0.4, -0.2) is 48.0 Å². The zero-order valence-corrected chi connectivity index (χ0v) is 9.23. The van der Waals surface area contributed by atoms with Gasteiger partial charge in [-0.2, -0.15) is 0 Å². The highest BCUT2D eigenvalue weighted by Crippen LogP contribution is 2.41. The van der Waals surface area contributed by atoms with E-state index in [9.17, 15) is 0 Å². The summed E-state index contributed by atoms with van der Waals surface area (Å²) in [4.78, 5) is 9.92. The van der Waals surface area contributed by atoms with E-state index in [1.807, 2.05) is 0 Å². The smallest absolute Gasteiger partial charge is 0.196 e. The van der Waals surface area contributed by atoms with Crippen molar-refractivity contribution in [2.24, 2.45) is 16.8 Å². The fraction of sp³-hybridized carbons (Fsp3) is 0.917. The highest BCUT2D eigenvalue weighted by Gasteiger charge is 2.43. The molecule has 0 radical (unpaired) electrons. The van der Waals surface area contributed by atoms with Gasteiger partial charge in [0.1, 0.15) is 0 Å². The maximum Gasteiger partial charge on any atom is 0.196 e. The number of hydrogen-bond donors (Lipinski definition) is 0. The van der Waals surface area contributed by atoms with E-state index < -0.39 is 0 Å². The highest BCUT2D eigenvalue weighted by atomic mass is 15.4. The van der Waals surface area contributed by atoms with E-state index in [4.69, 9.17) is 4.99 Å². The molecule has 0 unspecified atom stereocenters. The molecule has 3 aliphatic heterocycles. The van der Waals surface area contributed by atoms with Crippen LogP contribution in [0.5, 0.6) is 0 Å². The molecule has 0 bridgehead atoms. The topological polar surface area (TPSA) is 18.8 Å². The van der Waals surface area contributed by atoms with Crippen LogP contribution in [0.4, 0.5) is 0 Å². The minimum atomic E-state index is 0.762. The molecule has 15 heavy (non-hydrogen) atoms. The van der Waals surface area contributed by atoms with Crippen molar-refractivity contribution in [3.05, 3.63) is 0 Å². The van der Waals surface area contributed by atoms with E-state index >= 15 is 0 Å². The van der Waals surface area contributed by atoms with Gasteiger partial charge in [-0.1, -0.05) is 0 Å². The van der Waals surface area contributed by atoms with Gasteiger partial charge in [0.25, 0.3) is 0 Å². The number of likely N-dealkylation sites (tertiary alicyclic amines) is 1. The molecule has 82 valence electrons. The first-order chi connectivity index (χ1) is 7.42. The Hall–Kier alpha value is -0.730. The Morgan fingerprint density at radius 1 is 1.07 bits per heavy atom. The van der Waals surface area contributed by atoms with Gasteiger partial charge in [-0.25, -0.2) is 0 Å². The largest absolute Gasteiger partial charge is 0.342 e. The van der Waals surface area contributed by atoms with Crippen molar-refractivity contribution in [2.45, 2.75) is 31.7 Å². The normalized spacial score (nSPS) is 42.7. The molecule has 3 atom stereocenters. The van der Waals surface area contributed by atoms with E-state index in [0.29, 0.717) is 0 Å². The Morgan fingerprint density at radius 2 is 1.87 bits per heavy atom. The van der Waals surface area contributed by atoms with E-state index in [2.05, 4.69) is 9.80 Å². The van der Waals surface area contributed by atoms with Gasteiger partial charge in [-0.15, -0.1) is 0 Å². The van der Waals surface area contributed by atoms with Crippen molar-refractivity contribution in [2.75, 3.05) is 26.2 Å². The summed E-state index contributed by atoms with van der Waals surface area (Å²) >= 11 is 0. The fourth-order valence-corrected chi connectivity index (χ4v) is 3.77. The number of fused-ring (bicyclic) bond motifs is 2. The third-order valence-corrected chi connectivity index (χ3v) is 4.85. The average Bonchev–Trinajstić information content (AvgIpc) is 2.82. The summed E-state index contributed by atoms with van der Waals surface area (Å²) in [5.74, 6) is 3.37. The van der Waals surface area contributed by atoms with Gasteiger partial charge < -0.3 is 9.80 Å². The first kappa shape index (κ1) is 8.43. The summed E-state index contributed by atoms with van der Waals surface area (Å²) in [6, 6.07) is 0.762. The molecule has 3 heteroatoms. The second-order valence-electron chi connectivity index (χ2n) is 5.63. The Morgan fingerprint density at radius 3 is 2.60 bits per heavy atom. The molecule has 3 fully saturated rings. The Labute approximate surface area is 91.1 Å². The zero-order chi connectivity index (χ0) is 9.83. The van der Waals surface area contributed by atoms with Crippen LogP contribution in [-0.2, 0) is 0 Å². The van der Waals surface area contributed by atoms with Gasteiger partial charge in [0.2, 0.25) is 0 Å². The number of nitrogens with zero attached hydrogens (tertiary/aromatic N) is 3. The van der Waals surface area contributed by atoms with Crippen molar-refractivity contribution in [3.63, 3.8) is 0 Å². The van der Waals surface area contributed by atoms with Crippen LogP contribution in [0, 0.1) is 11.8 Å². The second-order valence-corrected chi connectivity index (χ2v) is 5.63.